The minimum atomic E-state index is 0.232. The second-order valence-corrected chi connectivity index (χ2v) is 17.0. The van der Waals surface area contributed by atoms with Gasteiger partial charge >= 0.3 is 0 Å². The van der Waals surface area contributed by atoms with Crippen molar-refractivity contribution in [2.75, 3.05) is 24.6 Å². The Balaban J connectivity index is 4.89. The van der Waals surface area contributed by atoms with Crippen molar-refractivity contribution in [2.45, 2.75) is 181 Å². The first kappa shape index (κ1) is 34.9. The molecular weight excluding hydrogens is 446 g/mol. The normalized spacial score (nSPS) is 13.8. The lowest BCUT2D eigenvalue weighted by atomic mass is 10.2. The van der Waals surface area contributed by atoms with Crippen molar-refractivity contribution in [1.29, 1.82) is 0 Å². The Bertz CT molecular complexity index is 319. The van der Waals surface area contributed by atoms with Crippen LogP contribution in [0.4, 0.5) is 0 Å². The molecule has 2 heteroatoms. The summed E-state index contributed by atoms with van der Waals surface area (Å²) in [7, 11) is 0.464. The van der Waals surface area contributed by atoms with Crippen LogP contribution < -0.4 is 0 Å². The molecule has 0 heterocycles. The monoisotopic (exact) mass is 514 g/mol. The average molecular weight is 515 g/mol. The van der Waals surface area contributed by atoms with Crippen molar-refractivity contribution < 1.29 is 0 Å². The van der Waals surface area contributed by atoms with Crippen molar-refractivity contribution in [1.82, 2.24) is 0 Å². The fourth-order valence-corrected chi connectivity index (χ4v) is 12.3. The van der Waals surface area contributed by atoms with Crippen LogP contribution in [0.3, 0.4) is 0 Å². The van der Waals surface area contributed by atoms with Crippen LogP contribution in [0.15, 0.2) is 0 Å². The predicted molar refractivity (Wildman–Crippen MR) is 167 cm³/mol. The molecule has 0 radical (unpaired) electrons. The van der Waals surface area contributed by atoms with Gasteiger partial charge in [-0.3, -0.25) is 0 Å². The zero-order valence-corrected chi connectivity index (χ0v) is 26.8. The van der Waals surface area contributed by atoms with E-state index in [0.29, 0.717) is 0 Å². The Hall–Kier alpha value is 0.860. The molecule has 0 amide bonds. The van der Waals surface area contributed by atoms with Gasteiger partial charge in [-0.25, -0.2) is 0 Å². The third kappa shape index (κ3) is 20.0. The molecule has 0 aliphatic heterocycles. The minimum absolute atomic E-state index is 0.232. The first-order valence-corrected chi connectivity index (χ1v) is 19.7. The highest BCUT2D eigenvalue weighted by Gasteiger charge is 2.27. The number of hydrogen-bond acceptors (Lipinski definition) is 0. The van der Waals surface area contributed by atoms with Crippen molar-refractivity contribution >= 4 is 15.8 Å². The van der Waals surface area contributed by atoms with Gasteiger partial charge in [0.25, 0.3) is 0 Å². The van der Waals surface area contributed by atoms with Gasteiger partial charge in [-0.1, -0.05) is 144 Å². The van der Waals surface area contributed by atoms with E-state index in [1.54, 1.807) is 24.6 Å². The Labute approximate surface area is 221 Å². The van der Waals surface area contributed by atoms with Crippen molar-refractivity contribution in [3.05, 3.63) is 0 Å². The lowest BCUT2D eigenvalue weighted by molar-refractivity contribution is 0.648. The number of hydrogen-bond donors (Lipinski definition) is 0. The lowest BCUT2D eigenvalue weighted by Crippen LogP contribution is -2.21. The van der Waals surface area contributed by atoms with E-state index in [-0.39, 0.29) is 15.8 Å². The first-order valence-electron chi connectivity index (χ1n) is 16.1. The number of unbranched alkanes of at least 4 members (excludes halogenated alkanes) is 16. The van der Waals surface area contributed by atoms with Crippen LogP contribution in [0.25, 0.3) is 0 Å². The van der Waals surface area contributed by atoms with Crippen LogP contribution in [0.2, 0.25) is 0 Å². The molecule has 0 aromatic rings. The van der Waals surface area contributed by atoms with E-state index in [9.17, 15) is 0 Å². The van der Waals surface area contributed by atoms with Gasteiger partial charge in [0, 0.05) is 0 Å². The fourth-order valence-electron chi connectivity index (χ4n) is 5.32. The van der Waals surface area contributed by atoms with Crippen LogP contribution in [0.1, 0.15) is 170 Å². The summed E-state index contributed by atoms with van der Waals surface area (Å²) in [5, 5.41) is 0. The molecule has 0 saturated heterocycles. The average Bonchev–Trinajstić information content (AvgIpc) is 2.84. The Morgan fingerprint density at radius 2 is 0.529 bits per heavy atom. The maximum absolute atomic E-state index is 2.71. The Kier molecular flexibility index (Phi) is 27.6. The van der Waals surface area contributed by atoms with E-state index in [2.05, 4.69) is 41.5 Å². The molecule has 0 aromatic carbocycles. The van der Waals surface area contributed by atoms with Crippen LogP contribution in [-0.4, -0.2) is 36.0 Å². The molecule has 2 unspecified atom stereocenters. The highest BCUT2D eigenvalue weighted by atomic mass is 31.1. The summed E-state index contributed by atoms with van der Waals surface area (Å²) in [6.45, 7) is 14.8. The summed E-state index contributed by atoms with van der Waals surface area (Å²) in [5.41, 5.74) is 2.01. The lowest BCUT2D eigenvalue weighted by Gasteiger charge is -2.35. The van der Waals surface area contributed by atoms with Crippen molar-refractivity contribution in [3.8, 4) is 0 Å². The van der Waals surface area contributed by atoms with Gasteiger partial charge in [0.15, 0.2) is 0 Å². The molecule has 0 aliphatic rings. The zero-order valence-electron chi connectivity index (χ0n) is 25.0. The largest absolute Gasteiger partial charge is 0.103 e. The third-order valence-electron chi connectivity index (χ3n) is 8.05. The molecule has 0 N–H and O–H groups in total. The van der Waals surface area contributed by atoms with E-state index in [0.717, 1.165) is 11.3 Å². The van der Waals surface area contributed by atoms with Crippen LogP contribution in [-0.2, 0) is 0 Å². The summed E-state index contributed by atoms with van der Waals surface area (Å²) < 4.78 is 0. The zero-order chi connectivity index (χ0) is 25.3. The summed E-state index contributed by atoms with van der Waals surface area (Å²) in [6.07, 6.45) is 35.5. The van der Waals surface area contributed by atoms with Gasteiger partial charge in [0.2, 0.25) is 0 Å². The molecular formula is C32H68P2. The molecule has 0 bridgehead atoms. The SMILES string of the molecule is CCCCCCCP(CCCCCCC)C(C)C(C)P(CCCCCCC)CCCCCCC. The van der Waals surface area contributed by atoms with Gasteiger partial charge in [0.05, 0.1) is 0 Å². The molecule has 0 saturated carbocycles. The van der Waals surface area contributed by atoms with Gasteiger partial charge in [-0.05, 0) is 61.6 Å². The second kappa shape index (κ2) is 26.9. The third-order valence-corrected chi connectivity index (χ3v) is 15.0. The summed E-state index contributed by atoms with van der Waals surface area (Å²) in [6, 6.07) is 0. The second-order valence-electron chi connectivity index (χ2n) is 11.2. The van der Waals surface area contributed by atoms with Crippen molar-refractivity contribution in [3.63, 3.8) is 0 Å². The van der Waals surface area contributed by atoms with Gasteiger partial charge < -0.3 is 0 Å². The summed E-state index contributed by atoms with van der Waals surface area (Å²) in [5.74, 6) is 0. The highest BCUT2D eigenvalue weighted by molar-refractivity contribution is 7.62. The van der Waals surface area contributed by atoms with Crippen molar-refractivity contribution in [2.24, 2.45) is 0 Å². The van der Waals surface area contributed by atoms with E-state index in [4.69, 9.17) is 0 Å². The van der Waals surface area contributed by atoms with E-state index in [1.807, 2.05) is 0 Å². The first-order chi connectivity index (χ1) is 16.6. The molecule has 0 aromatic heterocycles. The minimum Gasteiger partial charge on any atom is -0.103 e. The molecule has 206 valence electrons. The standard InChI is InChI=1S/C32H68P2/c1-7-11-15-19-23-27-33(28-24-20-16-12-8-2)31(5)32(6)34(29-25-21-17-13-9-3)30-26-22-18-14-10-4/h31-32H,7-30H2,1-6H3. The molecule has 0 nitrogen and oxygen atoms in total. The van der Waals surface area contributed by atoms with Crippen LogP contribution >= 0.6 is 15.8 Å². The molecule has 0 fully saturated rings. The smallest absolute Gasteiger partial charge is 0.0173 e. The summed E-state index contributed by atoms with van der Waals surface area (Å²) >= 11 is 0. The molecule has 0 spiro atoms. The number of rotatable bonds is 27. The van der Waals surface area contributed by atoms with E-state index in [1.165, 1.54) is 128 Å². The quantitative estimate of drug-likeness (QED) is 0.0755. The predicted octanol–water partition coefficient (Wildman–Crippen LogP) is 12.6. The van der Waals surface area contributed by atoms with Gasteiger partial charge in [-0.15, -0.1) is 15.8 Å². The highest BCUT2D eigenvalue weighted by Crippen LogP contribution is 2.54. The van der Waals surface area contributed by atoms with Gasteiger partial charge in [-0.2, -0.15) is 0 Å². The maximum atomic E-state index is 2.71. The topological polar surface area (TPSA) is 0 Å². The van der Waals surface area contributed by atoms with Crippen LogP contribution in [0.5, 0.6) is 0 Å². The maximum Gasteiger partial charge on any atom is -0.0173 e. The molecule has 0 aliphatic carbocycles. The summed E-state index contributed by atoms with van der Waals surface area (Å²) in [4.78, 5) is 0. The van der Waals surface area contributed by atoms with E-state index >= 15 is 0 Å². The Morgan fingerprint density at radius 1 is 0.324 bits per heavy atom. The van der Waals surface area contributed by atoms with Gasteiger partial charge in [0.1, 0.15) is 0 Å². The van der Waals surface area contributed by atoms with E-state index < -0.39 is 0 Å². The molecule has 34 heavy (non-hydrogen) atoms. The molecule has 2 atom stereocenters. The fraction of sp³-hybridized carbons (Fsp3) is 1.00. The molecule has 0 rings (SSSR count). The Morgan fingerprint density at radius 3 is 0.735 bits per heavy atom. The van der Waals surface area contributed by atoms with Crippen LogP contribution in [0, 0.1) is 0 Å².